The van der Waals surface area contributed by atoms with E-state index in [9.17, 15) is 4.39 Å². The monoisotopic (exact) mass is 282 g/mol. The lowest BCUT2D eigenvalue weighted by Gasteiger charge is -2.06. The van der Waals surface area contributed by atoms with Crippen LogP contribution in [0.1, 0.15) is 12.8 Å². The topological polar surface area (TPSA) is 30.9 Å². The number of benzene rings is 1. The zero-order valence-corrected chi connectivity index (χ0v) is 10.3. The second kappa shape index (κ2) is 3.48. The van der Waals surface area contributed by atoms with E-state index < -0.39 is 0 Å². The summed E-state index contributed by atoms with van der Waals surface area (Å²) >= 11 is 3.31. The Hall–Kier alpha value is -1.03. The number of nitrogen functional groups attached to an aromatic ring is 1. The lowest BCUT2D eigenvalue weighted by Crippen LogP contribution is -2.03. The number of nitrogens with zero attached hydrogens (tertiary/aromatic N) is 1. The summed E-state index contributed by atoms with van der Waals surface area (Å²) in [6.45, 7) is 0.908. The molecule has 0 unspecified atom stereocenters. The molecular formula is C12H12BrFN2. The fourth-order valence-corrected chi connectivity index (χ4v) is 2.48. The number of hydrogen-bond donors (Lipinski definition) is 1. The van der Waals surface area contributed by atoms with Crippen molar-refractivity contribution in [2.45, 2.75) is 19.4 Å². The fraction of sp³-hybridized carbons (Fsp3) is 0.333. The van der Waals surface area contributed by atoms with Gasteiger partial charge in [-0.2, -0.15) is 0 Å². The average molecular weight is 283 g/mol. The number of nitrogens with two attached hydrogens (primary N) is 1. The Morgan fingerprint density at radius 3 is 2.81 bits per heavy atom. The molecule has 16 heavy (non-hydrogen) atoms. The van der Waals surface area contributed by atoms with E-state index in [0.29, 0.717) is 11.2 Å². The van der Waals surface area contributed by atoms with Gasteiger partial charge in [0.15, 0.2) is 0 Å². The van der Waals surface area contributed by atoms with Gasteiger partial charge in [0.05, 0.1) is 5.52 Å². The van der Waals surface area contributed by atoms with Crippen molar-refractivity contribution in [3.63, 3.8) is 0 Å². The second-order valence-corrected chi connectivity index (χ2v) is 5.36. The molecule has 0 spiro atoms. The molecule has 1 fully saturated rings. The predicted octanol–water partition coefficient (Wildman–Crippen LogP) is 3.54. The maximum atomic E-state index is 13.7. The summed E-state index contributed by atoms with van der Waals surface area (Å²) in [5, 5.41) is 0.612. The Bertz CT molecular complexity index is 558. The zero-order valence-electron chi connectivity index (χ0n) is 8.71. The highest BCUT2D eigenvalue weighted by Gasteiger charge is 2.23. The minimum Gasteiger partial charge on any atom is -0.385 e. The van der Waals surface area contributed by atoms with Crippen LogP contribution in [0.3, 0.4) is 0 Å². The molecule has 4 heteroatoms. The van der Waals surface area contributed by atoms with Gasteiger partial charge >= 0.3 is 0 Å². The first kappa shape index (κ1) is 10.1. The average Bonchev–Trinajstić information content (AvgIpc) is 2.96. The number of halogens is 2. The van der Waals surface area contributed by atoms with Crippen molar-refractivity contribution in [2.75, 3.05) is 5.73 Å². The van der Waals surface area contributed by atoms with Crippen LogP contribution in [0.5, 0.6) is 0 Å². The molecule has 1 aliphatic rings. The van der Waals surface area contributed by atoms with Crippen LogP contribution in [0.4, 0.5) is 10.2 Å². The molecule has 2 N–H and O–H groups in total. The van der Waals surface area contributed by atoms with Crippen LogP contribution in [-0.4, -0.2) is 4.57 Å². The molecule has 0 bridgehead atoms. The van der Waals surface area contributed by atoms with Crippen LogP contribution in [-0.2, 0) is 6.54 Å². The highest BCUT2D eigenvalue weighted by molar-refractivity contribution is 9.10. The van der Waals surface area contributed by atoms with E-state index in [0.717, 1.165) is 22.5 Å². The molecule has 2 aromatic rings. The maximum Gasteiger partial charge on any atom is 0.133 e. The third kappa shape index (κ3) is 1.61. The molecule has 84 valence electrons. The molecule has 1 saturated carbocycles. The van der Waals surface area contributed by atoms with Crippen LogP contribution in [0.2, 0.25) is 0 Å². The minimum atomic E-state index is -0.217. The number of fused-ring (bicyclic) bond motifs is 1. The highest BCUT2D eigenvalue weighted by Crippen LogP contribution is 2.35. The molecule has 1 aromatic heterocycles. The van der Waals surface area contributed by atoms with Gasteiger partial charge in [-0.25, -0.2) is 4.39 Å². The maximum absolute atomic E-state index is 13.7. The van der Waals surface area contributed by atoms with E-state index in [1.165, 1.54) is 18.9 Å². The Balaban J connectivity index is 2.21. The van der Waals surface area contributed by atoms with Crippen LogP contribution < -0.4 is 5.73 Å². The molecular weight excluding hydrogens is 271 g/mol. The smallest absolute Gasteiger partial charge is 0.133 e. The van der Waals surface area contributed by atoms with E-state index in [2.05, 4.69) is 15.9 Å². The molecule has 0 atom stereocenters. The summed E-state index contributed by atoms with van der Waals surface area (Å²) in [5.41, 5.74) is 6.81. The molecule has 0 aliphatic heterocycles. The summed E-state index contributed by atoms with van der Waals surface area (Å²) in [6.07, 6.45) is 2.52. The summed E-state index contributed by atoms with van der Waals surface area (Å²) in [5.74, 6) is 1.16. The van der Waals surface area contributed by atoms with Crippen molar-refractivity contribution < 1.29 is 4.39 Å². The van der Waals surface area contributed by atoms with Crippen LogP contribution in [0.25, 0.3) is 10.9 Å². The van der Waals surface area contributed by atoms with E-state index in [4.69, 9.17) is 5.73 Å². The molecule has 0 radical (unpaired) electrons. The van der Waals surface area contributed by atoms with Crippen LogP contribution in [0, 0.1) is 11.7 Å². The van der Waals surface area contributed by atoms with Gasteiger partial charge in [0.2, 0.25) is 0 Å². The van der Waals surface area contributed by atoms with Gasteiger partial charge in [-0.15, -0.1) is 0 Å². The van der Waals surface area contributed by atoms with Gasteiger partial charge in [-0.05, 0) is 37.0 Å². The molecule has 3 rings (SSSR count). The lowest BCUT2D eigenvalue weighted by molar-refractivity contribution is 0.635. The van der Waals surface area contributed by atoms with Crippen molar-refractivity contribution in [3.05, 3.63) is 28.5 Å². The molecule has 1 heterocycles. The van der Waals surface area contributed by atoms with E-state index in [1.54, 1.807) is 6.07 Å². The zero-order chi connectivity index (χ0) is 11.3. The Morgan fingerprint density at radius 2 is 2.12 bits per heavy atom. The van der Waals surface area contributed by atoms with Gasteiger partial charge in [0.25, 0.3) is 0 Å². The summed E-state index contributed by atoms with van der Waals surface area (Å²) in [6, 6.07) is 5.12. The Kier molecular flexibility index (Phi) is 2.21. The van der Waals surface area contributed by atoms with Crippen molar-refractivity contribution in [1.82, 2.24) is 4.57 Å². The van der Waals surface area contributed by atoms with E-state index >= 15 is 0 Å². The number of aromatic nitrogens is 1. The fourth-order valence-electron chi connectivity index (χ4n) is 2.06. The van der Waals surface area contributed by atoms with Gasteiger partial charge in [0, 0.05) is 16.4 Å². The Morgan fingerprint density at radius 1 is 1.38 bits per heavy atom. The second-order valence-electron chi connectivity index (χ2n) is 4.44. The predicted molar refractivity (Wildman–Crippen MR) is 66.7 cm³/mol. The highest BCUT2D eigenvalue weighted by atomic mass is 79.9. The number of hydrogen-bond acceptors (Lipinski definition) is 1. The first-order valence-corrected chi connectivity index (χ1v) is 6.18. The molecule has 1 aromatic carbocycles. The van der Waals surface area contributed by atoms with Gasteiger partial charge < -0.3 is 10.3 Å². The first-order chi connectivity index (χ1) is 7.65. The summed E-state index contributed by atoms with van der Waals surface area (Å²) in [7, 11) is 0. The van der Waals surface area contributed by atoms with Crippen LogP contribution >= 0.6 is 15.9 Å². The van der Waals surface area contributed by atoms with Gasteiger partial charge in [-0.3, -0.25) is 0 Å². The standard InChI is InChI=1S/C12H12BrFN2/c13-8-3-10(14)9-5-12(15)16(11(9)4-8)6-7-1-2-7/h3-5,7H,1-2,6,15H2. The minimum absolute atomic E-state index is 0.217. The van der Waals surface area contributed by atoms with Crippen molar-refractivity contribution in [3.8, 4) is 0 Å². The third-order valence-electron chi connectivity index (χ3n) is 3.10. The largest absolute Gasteiger partial charge is 0.385 e. The van der Waals surface area contributed by atoms with Gasteiger partial charge in [0.1, 0.15) is 11.6 Å². The molecule has 1 aliphatic carbocycles. The molecule has 0 amide bonds. The normalized spacial score (nSPS) is 15.9. The Labute approximate surface area is 101 Å². The SMILES string of the molecule is Nc1cc2c(F)cc(Br)cc2n1CC1CC1. The van der Waals surface area contributed by atoms with Crippen molar-refractivity contribution in [1.29, 1.82) is 0 Å². The van der Waals surface area contributed by atoms with Crippen LogP contribution in [0.15, 0.2) is 22.7 Å². The quantitative estimate of drug-likeness (QED) is 0.898. The van der Waals surface area contributed by atoms with Gasteiger partial charge in [-0.1, -0.05) is 15.9 Å². The first-order valence-electron chi connectivity index (χ1n) is 5.39. The molecule has 0 saturated heterocycles. The molecule has 2 nitrogen and oxygen atoms in total. The third-order valence-corrected chi connectivity index (χ3v) is 3.56. The number of rotatable bonds is 2. The van der Waals surface area contributed by atoms with Crippen molar-refractivity contribution >= 4 is 32.7 Å². The lowest BCUT2D eigenvalue weighted by atomic mass is 10.2. The summed E-state index contributed by atoms with van der Waals surface area (Å²) in [4.78, 5) is 0. The van der Waals surface area contributed by atoms with E-state index in [1.807, 2.05) is 10.6 Å². The van der Waals surface area contributed by atoms with E-state index in [-0.39, 0.29) is 5.82 Å². The number of anilines is 1. The van der Waals surface area contributed by atoms with Crippen molar-refractivity contribution in [2.24, 2.45) is 5.92 Å². The summed E-state index contributed by atoms with van der Waals surface area (Å²) < 4.78 is 16.5.